The molecule has 7 heteroatoms. The fraction of sp³-hybridized carbons (Fsp3) is 0.389. The van der Waals surface area contributed by atoms with Crippen LogP contribution in [0.15, 0.2) is 28.9 Å². The molecule has 0 spiro atoms. The highest BCUT2D eigenvalue weighted by Gasteiger charge is 2.43. The smallest absolute Gasteiger partial charge is 0.310 e. The summed E-state index contributed by atoms with van der Waals surface area (Å²) in [6.45, 7) is 1.25. The average molecular weight is 342 g/mol. The van der Waals surface area contributed by atoms with Crippen molar-refractivity contribution in [1.29, 1.82) is 5.26 Å². The number of hydrogen-bond donors (Lipinski definition) is 2. The van der Waals surface area contributed by atoms with E-state index in [4.69, 9.17) is 9.15 Å². The van der Waals surface area contributed by atoms with Gasteiger partial charge in [-0.3, -0.25) is 9.59 Å². The van der Waals surface area contributed by atoms with Crippen LogP contribution in [0, 0.1) is 17.2 Å². The van der Waals surface area contributed by atoms with Crippen molar-refractivity contribution in [1.82, 2.24) is 5.32 Å². The molecule has 0 aliphatic heterocycles. The Labute approximate surface area is 144 Å². The van der Waals surface area contributed by atoms with E-state index in [1.54, 1.807) is 13.0 Å². The molecule has 1 fully saturated rings. The number of fused-ring (bicyclic) bond motifs is 1. The molecule has 0 radical (unpaired) electrons. The molecule has 0 saturated heterocycles. The summed E-state index contributed by atoms with van der Waals surface area (Å²) in [5.41, 5.74) is 0.168. The standard InChI is InChI=1S/C18H18N2O5/c1-18(10-19,12-2-3-12)20-16(22)9-25-17(23)6-11-8-24-15-7-13(21)4-5-14(11)15/h4-5,7-8,12,21H,2-3,6,9H2,1H3,(H,20,22)/t18-/m0/s1. The van der Waals surface area contributed by atoms with Crippen molar-refractivity contribution in [2.45, 2.75) is 31.7 Å². The first-order valence-corrected chi connectivity index (χ1v) is 7.98. The molecule has 3 rings (SSSR count). The third-order valence-electron chi connectivity index (χ3n) is 4.36. The number of ether oxygens (including phenoxy) is 1. The number of carbonyl (C=O) groups excluding carboxylic acids is 2. The Morgan fingerprint density at radius 2 is 2.24 bits per heavy atom. The second-order valence-corrected chi connectivity index (χ2v) is 6.42. The quantitative estimate of drug-likeness (QED) is 0.777. The summed E-state index contributed by atoms with van der Waals surface area (Å²) < 4.78 is 10.3. The number of aromatic hydroxyl groups is 1. The average Bonchev–Trinajstić information content (AvgIpc) is 3.37. The molecule has 0 bridgehead atoms. The van der Waals surface area contributed by atoms with Crippen LogP contribution in [0.2, 0.25) is 0 Å². The van der Waals surface area contributed by atoms with Gasteiger partial charge < -0.3 is 19.6 Å². The molecule has 1 aromatic carbocycles. The molecule has 2 N–H and O–H groups in total. The number of esters is 1. The SMILES string of the molecule is C[C@@](C#N)(NC(=O)COC(=O)Cc1coc2cc(O)ccc12)C1CC1. The van der Waals surface area contributed by atoms with E-state index >= 15 is 0 Å². The second-order valence-electron chi connectivity index (χ2n) is 6.42. The first-order chi connectivity index (χ1) is 11.9. The molecular weight excluding hydrogens is 324 g/mol. The topological polar surface area (TPSA) is 113 Å². The maximum Gasteiger partial charge on any atom is 0.310 e. The van der Waals surface area contributed by atoms with E-state index in [0.717, 1.165) is 12.8 Å². The Hall–Kier alpha value is -3.01. The number of carbonyl (C=O) groups is 2. The fourth-order valence-electron chi connectivity index (χ4n) is 2.77. The van der Waals surface area contributed by atoms with Crippen molar-refractivity contribution in [2.24, 2.45) is 5.92 Å². The molecule has 25 heavy (non-hydrogen) atoms. The van der Waals surface area contributed by atoms with Crippen LogP contribution in [-0.4, -0.2) is 29.1 Å². The van der Waals surface area contributed by atoms with Gasteiger partial charge in [0.2, 0.25) is 0 Å². The predicted octanol–water partition coefficient (Wildman–Crippen LogP) is 2.03. The third-order valence-corrected chi connectivity index (χ3v) is 4.36. The van der Waals surface area contributed by atoms with Gasteiger partial charge in [0.05, 0.1) is 18.8 Å². The Bertz CT molecular complexity index is 862. The van der Waals surface area contributed by atoms with Crippen molar-refractivity contribution in [3.8, 4) is 11.8 Å². The summed E-state index contributed by atoms with van der Waals surface area (Å²) in [5, 5.41) is 21.9. The predicted molar refractivity (Wildman–Crippen MR) is 87.4 cm³/mol. The van der Waals surface area contributed by atoms with Crippen molar-refractivity contribution >= 4 is 22.8 Å². The van der Waals surface area contributed by atoms with Gasteiger partial charge in [-0.25, -0.2) is 0 Å². The van der Waals surface area contributed by atoms with Crippen LogP contribution in [0.3, 0.4) is 0 Å². The van der Waals surface area contributed by atoms with Crippen LogP contribution in [0.1, 0.15) is 25.3 Å². The van der Waals surface area contributed by atoms with E-state index in [1.165, 1.54) is 18.4 Å². The lowest BCUT2D eigenvalue weighted by molar-refractivity contribution is -0.148. The van der Waals surface area contributed by atoms with Crippen LogP contribution >= 0.6 is 0 Å². The van der Waals surface area contributed by atoms with Crippen molar-refractivity contribution in [3.63, 3.8) is 0 Å². The number of furan rings is 1. The highest BCUT2D eigenvalue weighted by Crippen LogP contribution is 2.39. The summed E-state index contributed by atoms with van der Waals surface area (Å²) in [4.78, 5) is 23.9. The number of phenolic OH excluding ortho intramolecular Hbond substituents is 1. The van der Waals surface area contributed by atoms with Gasteiger partial charge >= 0.3 is 5.97 Å². The zero-order valence-electron chi connectivity index (χ0n) is 13.7. The largest absolute Gasteiger partial charge is 0.508 e. The summed E-state index contributed by atoms with van der Waals surface area (Å²) in [6, 6.07) is 6.72. The maximum atomic E-state index is 11.9. The number of hydrogen-bond acceptors (Lipinski definition) is 6. The summed E-state index contributed by atoms with van der Waals surface area (Å²) >= 11 is 0. The Morgan fingerprint density at radius 3 is 2.92 bits per heavy atom. The van der Waals surface area contributed by atoms with E-state index in [9.17, 15) is 20.0 Å². The molecule has 1 aliphatic rings. The number of benzene rings is 1. The van der Waals surface area contributed by atoms with Crippen LogP contribution in [0.25, 0.3) is 11.0 Å². The Balaban J connectivity index is 1.54. The summed E-state index contributed by atoms with van der Waals surface area (Å²) in [6.07, 6.45) is 3.19. The minimum absolute atomic E-state index is 0.0524. The van der Waals surface area contributed by atoms with Gasteiger partial charge in [-0.2, -0.15) is 5.26 Å². The molecule has 1 heterocycles. The van der Waals surface area contributed by atoms with Gasteiger partial charge in [-0.15, -0.1) is 0 Å². The zero-order chi connectivity index (χ0) is 18.0. The van der Waals surface area contributed by atoms with E-state index in [0.29, 0.717) is 16.5 Å². The first-order valence-electron chi connectivity index (χ1n) is 7.98. The van der Waals surface area contributed by atoms with Crippen molar-refractivity contribution < 1.29 is 23.8 Å². The van der Waals surface area contributed by atoms with E-state index in [2.05, 4.69) is 11.4 Å². The molecular formula is C18H18N2O5. The Morgan fingerprint density at radius 1 is 1.48 bits per heavy atom. The van der Waals surface area contributed by atoms with Gasteiger partial charge in [0, 0.05) is 17.0 Å². The highest BCUT2D eigenvalue weighted by atomic mass is 16.5. The molecule has 0 unspecified atom stereocenters. The molecule has 1 aliphatic carbocycles. The number of phenols is 1. The van der Waals surface area contributed by atoms with Crippen LogP contribution in [-0.2, 0) is 20.7 Å². The summed E-state index contributed by atoms with van der Waals surface area (Å²) in [7, 11) is 0. The van der Waals surface area contributed by atoms with E-state index in [1.807, 2.05) is 0 Å². The third kappa shape index (κ3) is 3.74. The second kappa shape index (κ2) is 6.48. The molecule has 1 atom stereocenters. The maximum absolute atomic E-state index is 11.9. The van der Waals surface area contributed by atoms with Crippen molar-refractivity contribution in [2.75, 3.05) is 6.61 Å². The summed E-state index contributed by atoms with van der Waals surface area (Å²) in [5.74, 6) is -0.836. The van der Waals surface area contributed by atoms with Gasteiger partial charge in [0.25, 0.3) is 5.91 Å². The number of rotatable bonds is 6. The molecule has 1 saturated carbocycles. The van der Waals surface area contributed by atoms with Crippen LogP contribution < -0.4 is 5.32 Å². The van der Waals surface area contributed by atoms with Gasteiger partial charge in [-0.1, -0.05) is 0 Å². The van der Waals surface area contributed by atoms with E-state index < -0.39 is 24.0 Å². The van der Waals surface area contributed by atoms with Gasteiger partial charge in [0.1, 0.15) is 16.9 Å². The minimum atomic E-state index is -0.910. The van der Waals surface area contributed by atoms with Gasteiger partial charge in [-0.05, 0) is 37.8 Å². The Kier molecular flexibility index (Phi) is 4.36. The highest BCUT2D eigenvalue weighted by molar-refractivity contribution is 5.87. The lowest BCUT2D eigenvalue weighted by Gasteiger charge is -2.22. The van der Waals surface area contributed by atoms with Crippen LogP contribution in [0.4, 0.5) is 0 Å². The van der Waals surface area contributed by atoms with E-state index in [-0.39, 0.29) is 18.1 Å². The number of nitrogens with one attached hydrogen (secondary N) is 1. The molecule has 130 valence electrons. The molecule has 1 amide bonds. The van der Waals surface area contributed by atoms with Crippen LogP contribution in [0.5, 0.6) is 5.75 Å². The normalized spacial score (nSPS) is 16.0. The molecule has 1 aromatic heterocycles. The zero-order valence-corrected chi connectivity index (χ0v) is 13.7. The number of nitrogens with zero attached hydrogens (tertiary/aromatic N) is 1. The number of nitriles is 1. The first kappa shape index (κ1) is 16.8. The lowest BCUT2D eigenvalue weighted by atomic mass is 9.98. The fourth-order valence-corrected chi connectivity index (χ4v) is 2.77. The lowest BCUT2D eigenvalue weighted by Crippen LogP contribution is -2.48. The monoisotopic (exact) mass is 342 g/mol. The molecule has 7 nitrogen and oxygen atoms in total. The minimum Gasteiger partial charge on any atom is -0.508 e. The molecule has 2 aromatic rings. The van der Waals surface area contributed by atoms with Gasteiger partial charge in [0.15, 0.2) is 6.61 Å². The van der Waals surface area contributed by atoms with Crippen molar-refractivity contribution in [3.05, 3.63) is 30.0 Å². The number of amides is 1.